The van der Waals surface area contributed by atoms with Crippen molar-refractivity contribution < 1.29 is 4.74 Å². The van der Waals surface area contributed by atoms with Crippen molar-refractivity contribution in [2.75, 3.05) is 13.7 Å². The van der Waals surface area contributed by atoms with Crippen LogP contribution in [0.15, 0.2) is 36.4 Å². The van der Waals surface area contributed by atoms with Crippen molar-refractivity contribution >= 4 is 10.8 Å². The maximum absolute atomic E-state index is 5.29. The molecule has 3 rings (SSSR count). The zero-order chi connectivity index (χ0) is 14.9. The Morgan fingerprint density at radius 2 is 1.81 bits per heavy atom. The molecule has 112 valence electrons. The van der Waals surface area contributed by atoms with Gasteiger partial charge in [-0.2, -0.15) is 0 Å². The first-order valence-electron chi connectivity index (χ1n) is 7.90. The molecule has 1 N–H and O–H groups in total. The van der Waals surface area contributed by atoms with E-state index in [1.54, 1.807) is 7.11 Å². The van der Waals surface area contributed by atoms with E-state index in [4.69, 9.17) is 4.74 Å². The van der Waals surface area contributed by atoms with E-state index in [9.17, 15) is 0 Å². The zero-order valence-corrected chi connectivity index (χ0v) is 13.3. The lowest BCUT2D eigenvalue weighted by Crippen LogP contribution is -2.26. The van der Waals surface area contributed by atoms with Crippen molar-refractivity contribution in [1.82, 2.24) is 5.32 Å². The molecule has 0 aromatic heterocycles. The maximum Gasteiger partial charge on any atom is 0.119 e. The largest absolute Gasteiger partial charge is 0.497 e. The zero-order valence-electron chi connectivity index (χ0n) is 13.3. The van der Waals surface area contributed by atoms with Crippen LogP contribution in [-0.4, -0.2) is 19.7 Å². The number of fused-ring (bicyclic) bond motifs is 1. The molecule has 1 aliphatic carbocycles. The van der Waals surface area contributed by atoms with Crippen molar-refractivity contribution in [3.8, 4) is 5.75 Å². The normalized spacial score (nSPS) is 15.4. The molecule has 0 saturated heterocycles. The summed E-state index contributed by atoms with van der Waals surface area (Å²) in [5, 5.41) is 6.15. The fraction of sp³-hybridized carbons (Fsp3) is 0.474. The number of methoxy groups -OCH3 is 1. The lowest BCUT2D eigenvalue weighted by Gasteiger charge is -2.26. The molecule has 0 heterocycles. The van der Waals surface area contributed by atoms with Crippen LogP contribution in [0, 0.1) is 0 Å². The molecule has 0 aliphatic heterocycles. The van der Waals surface area contributed by atoms with E-state index in [1.807, 2.05) is 6.07 Å². The molecular weight excluding hydrogens is 258 g/mol. The van der Waals surface area contributed by atoms with E-state index < -0.39 is 0 Å². The second kappa shape index (κ2) is 5.69. The van der Waals surface area contributed by atoms with Gasteiger partial charge in [0.15, 0.2) is 0 Å². The number of ether oxygens (including phenoxy) is 1. The van der Waals surface area contributed by atoms with Gasteiger partial charge in [-0.1, -0.05) is 38.1 Å². The SMILES string of the molecule is COc1ccc2cc(C(C)(C)CCNC3CC3)ccc2c1. The molecule has 0 bridgehead atoms. The molecule has 0 atom stereocenters. The summed E-state index contributed by atoms with van der Waals surface area (Å²) < 4.78 is 5.29. The molecule has 0 spiro atoms. The van der Waals surface area contributed by atoms with Crippen LogP contribution < -0.4 is 10.1 Å². The summed E-state index contributed by atoms with van der Waals surface area (Å²) in [6.45, 7) is 5.79. The summed E-state index contributed by atoms with van der Waals surface area (Å²) in [7, 11) is 1.71. The number of hydrogen-bond acceptors (Lipinski definition) is 2. The van der Waals surface area contributed by atoms with Crippen molar-refractivity contribution in [1.29, 1.82) is 0 Å². The van der Waals surface area contributed by atoms with Crippen LogP contribution in [-0.2, 0) is 5.41 Å². The first-order chi connectivity index (χ1) is 10.1. The third-order valence-corrected chi connectivity index (χ3v) is 4.59. The van der Waals surface area contributed by atoms with Crippen LogP contribution >= 0.6 is 0 Å². The molecular formula is C19H25NO. The average Bonchev–Trinajstić information content (AvgIpc) is 3.30. The van der Waals surface area contributed by atoms with Crippen LogP contribution in [0.5, 0.6) is 5.75 Å². The van der Waals surface area contributed by atoms with Crippen LogP contribution in [0.2, 0.25) is 0 Å². The van der Waals surface area contributed by atoms with Gasteiger partial charge in [0.25, 0.3) is 0 Å². The molecule has 0 amide bonds. The minimum atomic E-state index is 0.204. The molecule has 0 radical (unpaired) electrons. The number of hydrogen-bond donors (Lipinski definition) is 1. The summed E-state index contributed by atoms with van der Waals surface area (Å²) >= 11 is 0. The first-order valence-corrected chi connectivity index (χ1v) is 7.90. The minimum Gasteiger partial charge on any atom is -0.497 e. The van der Waals surface area contributed by atoms with Gasteiger partial charge in [0.2, 0.25) is 0 Å². The number of rotatable bonds is 6. The summed E-state index contributed by atoms with van der Waals surface area (Å²) in [5.74, 6) is 0.920. The molecule has 1 fully saturated rings. The van der Waals surface area contributed by atoms with Crippen molar-refractivity contribution in [2.24, 2.45) is 0 Å². The topological polar surface area (TPSA) is 21.3 Å². The van der Waals surface area contributed by atoms with Gasteiger partial charge in [0.05, 0.1) is 7.11 Å². The Balaban J connectivity index is 1.78. The lowest BCUT2D eigenvalue weighted by atomic mass is 9.81. The maximum atomic E-state index is 5.29. The molecule has 0 unspecified atom stereocenters. The molecule has 2 heteroatoms. The highest BCUT2D eigenvalue weighted by molar-refractivity contribution is 5.84. The van der Waals surface area contributed by atoms with E-state index in [0.29, 0.717) is 0 Å². The van der Waals surface area contributed by atoms with Crippen LogP contribution in [0.3, 0.4) is 0 Å². The van der Waals surface area contributed by atoms with E-state index in [-0.39, 0.29) is 5.41 Å². The van der Waals surface area contributed by atoms with Crippen LogP contribution in [0.1, 0.15) is 38.7 Å². The Morgan fingerprint density at radius 3 is 2.52 bits per heavy atom. The monoisotopic (exact) mass is 283 g/mol. The summed E-state index contributed by atoms with van der Waals surface area (Å²) in [4.78, 5) is 0. The van der Waals surface area contributed by atoms with E-state index in [2.05, 4.69) is 49.5 Å². The summed E-state index contributed by atoms with van der Waals surface area (Å²) in [6, 6.07) is 13.9. The quantitative estimate of drug-likeness (QED) is 0.855. The Bertz CT molecular complexity index is 628. The fourth-order valence-corrected chi connectivity index (χ4v) is 2.79. The number of benzene rings is 2. The average molecular weight is 283 g/mol. The van der Waals surface area contributed by atoms with E-state index in [1.165, 1.54) is 35.6 Å². The smallest absolute Gasteiger partial charge is 0.119 e. The van der Waals surface area contributed by atoms with Gasteiger partial charge in [-0.3, -0.25) is 0 Å². The fourth-order valence-electron chi connectivity index (χ4n) is 2.79. The Morgan fingerprint density at radius 1 is 1.10 bits per heavy atom. The minimum absolute atomic E-state index is 0.204. The predicted octanol–water partition coefficient (Wildman–Crippen LogP) is 4.27. The molecule has 1 saturated carbocycles. The Kier molecular flexibility index (Phi) is 3.90. The van der Waals surface area contributed by atoms with Gasteiger partial charge in [-0.15, -0.1) is 0 Å². The van der Waals surface area contributed by atoms with Gasteiger partial charge in [0, 0.05) is 6.04 Å². The Hall–Kier alpha value is -1.54. The third-order valence-electron chi connectivity index (χ3n) is 4.59. The van der Waals surface area contributed by atoms with Crippen LogP contribution in [0.25, 0.3) is 10.8 Å². The highest BCUT2D eigenvalue weighted by atomic mass is 16.5. The molecule has 2 aromatic rings. The molecule has 2 nitrogen and oxygen atoms in total. The van der Waals surface area contributed by atoms with Gasteiger partial charge in [-0.05, 0) is 59.7 Å². The van der Waals surface area contributed by atoms with Crippen molar-refractivity contribution in [3.05, 3.63) is 42.0 Å². The highest BCUT2D eigenvalue weighted by Crippen LogP contribution is 2.31. The van der Waals surface area contributed by atoms with Gasteiger partial charge < -0.3 is 10.1 Å². The first kappa shape index (κ1) is 14.4. The molecule has 2 aromatic carbocycles. The number of nitrogens with one attached hydrogen (secondary N) is 1. The molecule has 1 aliphatic rings. The van der Waals surface area contributed by atoms with E-state index in [0.717, 1.165) is 18.3 Å². The second-order valence-electron chi connectivity index (χ2n) is 6.79. The van der Waals surface area contributed by atoms with Crippen LogP contribution in [0.4, 0.5) is 0 Å². The van der Waals surface area contributed by atoms with Crippen molar-refractivity contribution in [3.63, 3.8) is 0 Å². The Labute approximate surface area is 127 Å². The second-order valence-corrected chi connectivity index (χ2v) is 6.79. The predicted molar refractivity (Wildman–Crippen MR) is 89.2 cm³/mol. The third kappa shape index (κ3) is 3.38. The highest BCUT2D eigenvalue weighted by Gasteiger charge is 2.24. The van der Waals surface area contributed by atoms with E-state index >= 15 is 0 Å². The standard InChI is InChI=1S/C19H25NO/c1-19(2,10-11-20-17-7-8-17)16-6-4-15-13-18(21-3)9-5-14(15)12-16/h4-6,9,12-13,17,20H,7-8,10-11H2,1-3H3. The summed E-state index contributed by atoms with van der Waals surface area (Å²) in [6.07, 6.45) is 3.89. The van der Waals surface area contributed by atoms with Gasteiger partial charge in [0.1, 0.15) is 5.75 Å². The molecule has 21 heavy (non-hydrogen) atoms. The summed E-state index contributed by atoms with van der Waals surface area (Å²) in [5.41, 5.74) is 1.62. The van der Waals surface area contributed by atoms with Gasteiger partial charge in [-0.25, -0.2) is 0 Å². The lowest BCUT2D eigenvalue weighted by molar-refractivity contribution is 0.415. The van der Waals surface area contributed by atoms with Crippen molar-refractivity contribution in [2.45, 2.75) is 44.6 Å². The van der Waals surface area contributed by atoms with Gasteiger partial charge >= 0.3 is 0 Å².